The van der Waals surface area contributed by atoms with E-state index in [0.717, 1.165) is 23.3 Å². The summed E-state index contributed by atoms with van der Waals surface area (Å²) in [6.07, 6.45) is 1.98. The number of nitrogens with one attached hydrogen (secondary N) is 1. The van der Waals surface area contributed by atoms with Crippen molar-refractivity contribution in [3.05, 3.63) is 16.0 Å². The smallest absolute Gasteiger partial charge is 0.341 e. The molecule has 0 atom stereocenters. The number of hydrogen-bond donors (Lipinski definition) is 2. The minimum atomic E-state index is -0.417. The van der Waals surface area contributed by atoms with E-state index < -0.39 is 5.97 Å². The second-order valence-corrected chi connectivity index (χ2v) is 5.50. The van der Waals surface area contributed by atoms with Crippen molar-refractivity contribution < 1.29 is 14.3 Å². The van der Waals surface area contributed by atoms with Gasteiger partial charge in [0.15, 0.2) is 0 Å². The molecule has 0 aliphatic heterocycles. The first kappa shape index (κ1) is 15.7. The lowest BCUT2D eigenvalue weighted by molar-refractivity contribution is -0.116. The lowest BCUT2D eigenvalue weighted by Crippen LogP contribution is -2.14. The molecule has 6 heteroatoms. The van der Waals surface area contributed by atoms with Crippen LogP contribution in [0, 0.1) is 13.8 Å². The first-order valence-corrected chi connectivity index (χ1v) is 7.01. The number of anilines is 1. The van der Waals surface area contributed by atoms with Crippen LogP contribution in [0.3, 0.4) is 0 Å². The fourth-order valence-corrected chi connectivity index (χ4v) is 2.75. The zero-order chi connectivity index (χ0) is 14.4. The Hall–Kier alpha value is -1.40. The molecule has 0 bridgehead atoms. The summed E-state index contributed by atoms with van der Waals surface area (Å²) in [5, 5.41) is 3.35. The van der Waals surface area contributed by atoms with E-state index in [0.29, 0.717) is 23.5 Å². The molecule has 1 aromatic rings. The highest BCUT2D eigenvalue weighted by Crippen LogP contribution is 2.33. The van der Waals surface area contributed by atoms with Gasteiger partial charge < -0.3 is 15.8 Å². The van der Waals surface area contributed by atoms with Crippen molar-refractivity contribution in [1.29, 1.82) is 0 Å². The molecular weight excluding hydrogens is 264 g/mol. The Balaban J connectivity index is 2.80. The van der Waals surface area contributed by atoms with Crippen molar-refractivity contribution in [2.45, 2.75) is 33.1 Å². The van der Waals surface area contributed by atoms with Gasteiger partial charge in [-0.15, -0.1) is 11.3 Å². The number of carbonyl (C=O) groups excluding carboxylic acids is 2. The van der Waals surface area contributed by atoms with Crippen LogP contribution in [-0.2, 0) is 9.53 Å². The molecule has 1 rings (SSSR count). The maximum Gasteiger partial charge on any atom is 0.341 e. The number of carbonyl (C=O) groups is 2. The lowest BCUT2D eigenvalue weighted by Gasteiger charge is -2.05. The van der Waals surface area contributed by atoms with Gasteiger partial charge in [-0.2, -0.15) is 0 Å². The SMILES string of the molecule is COC(=O)c1c(NC(=O)CCCCN)sc(C)c1C. The first-order valence-electron chi connectivity index (χ1n) is 6.19. The summed E-state index contributed by atoms with van der Waals surface area (Å²) in [5.74, 6) is -0.515. The highest BCUT2D eigenvalue weighted by atomic mass is 32.1. The van der Waals surface area contributed by atoms with Gasteiger partial charge in [0.2, 0.25) is 5.91 Å². The molecule has 0 aliphatic carbocycles. The number of methoxy groups -OCH3 is 1. The number of esters is 1. The Morgan fingerprint density at radius 1 is 1.32 bits per heavy atom. The van der Waals surface area contributed by atoms with E-state index in [9.17, 15) is 9.59 Å². The van der Waals surface area contributed by atoms with E-state index in [1.165, 1.54) is 18.4 Å². The first-order chi connectivity index (χ1) is 9.01. The van der Waals surface area contributed by atoms with Gasteiger partial charge in [-0.25, -0.2) is 4.79 Å². The topological polar surface area (TPSA) is 81.4 Å². The van der Waals surface area contributed by atoms with Crippen molar-refractivity contribution in [2.75, 3.05) is 19.0 Å². The molecule has 0 unspecified atom stereocenters. The second kappa shape index (κ2) is 7.25. The molecule has 0 spiro atoms. The Labute approximate surface area is 117 Å². The highest BCUT2D eigenvalue weighted by Gasteiger charge is 2.21. The summed E-state index contributed by atoms with van der Waals surface area (Å²) in [6.45, 7) is 4.34. The van der Waals surface area contributed by atoms with Crippen LogP contribution < -0.4 is 11.1 Å². The number of thiophene rings is 1. The number of ether oxygens (including phenoxy) is 1. The van der Waals surface area contributed by atoms with Crippen molar-refractivity contribution in [3.8, 4) is 0 Å². The average molecular weight is 284 g/mol. The van der Waals surface area contributed by atoms with Gasteiger partial charge in [-0.1, -0.05) is 0 Å². The van der Waals surface area contributed by atoms with Crippen molar-refractivity contribution in [2.24, 2.45) is 5.73 Å². The van der Waals surface area contributed by atoms with Gasteiger partial charge in [0.1, 0.15) is 5.00 Å². The second-order valence-electron chi connectivity index (χ2n) is 4.27. The summed E-state index contributed by atoms with van der Waals surface area (Å²) < 4.78 is 4.75. The highest BCUT2D eigenvalue weighted by molar-refractivity contribution is 7.16. The summed E-state index contributed by atoms with van der Waals surface area (Å²) in [4.78, 5) is 24.5. The Morgan fingerprint density at radius 2 is 2.00 bits per heavy atom. The normalized spacial score (nSPS) is 10.3. The molecule has 0 saturated carbocycles. The summed E-state index contributed by atoms with van der Waals surface area (Å²) in [5.41, 5.74) is 6.69. The van der Waals surface area contributed by atoms with Crippen LogP contribution in [0.25, 0.3) is 0 Å². The molecule has 0 fully saturated rings. The number of hydrogen-bond acceptors (Lipinski definition) is 5. The quantitative estimate of drug-likeness (QED) is 0.620. The van der Waals surface area contributed by atoms with E-state index in [-0.39, 0.29) is 5.91 Å². The van der Waals surface area contributed by atoms with Crippen LogP contribution >= 0.6 is 11.3 Å². The summed E-state index contributed by atoms with van der Waals surface area (Å²) >= 11 is 1.39. The third kappa shape index (κ3) is 4.04. The summed E-state index contributed by atoms with van der Waals surface area (Å²) in [7, 11) is 1.33. The van der Waals surface area contributed by atoms with Crippen LogP contribution in [0.1, 0.15) is 40.1 Å². The molecule has 0 saturated heterocycles. The predicted molar refractivity (Wildman–Crippen MR) is 76.7 cm³/mol. The van der Waals surface area contributed by atoms with Crippen LogP contribution in [0.4, 0.5) is 5.00 Å². The van der Waals surface area contributed by atoms with Gasteiger partial charge in [-0.3, -0.25) is 4.79 Å². The van der Waals surface area contributed by atoms with E-state index >= 15 is 0 Å². The molecule has 1 heterocycles. The summed E-state index contributed by atoms with van der Waals surface area (Å²) in [6, 6.07) is 0. The van der Waals surface area contributed by atoms with Gasteiger partial charge in [0.05, 0.1) is 12.7 Å². The minimum absolute atomic E-state index is 0.0974. The van der Waals surface area contributed by atoms with Crippen LogP contribution in [0.2, 0.25) is 0 Å². The third-order valence-corrected chi connectivity index (χ3v) is 4.01. The minimum Gasteiger partial charge on any atom is -0.465 e. The van der Waals surface area contributed by atoms with Gasteiger partial charge in [0.25, 0.3) is 0 Å². The number of unbranched alkanes of at least 4 members (excludes halogenated alkanes) is 1. The molecule has 0 aromatic carbocycles. The Bertz CT molecular complexity index is 469. The number of amides is 1. The van der Waals surface area contributed by atoms with E-state index in [4.69, 9.17) is 10.5 Å². The third-order valence-electron chi connectivity index (χ3n) is 2.89. The van der Waals surface area contributed by atoms with Crippen LogP contribution in [0.15, 0.2) is 0 Å². The zero-order valence-corrected chi connectivity index (χ0v) is 12.4. The zero-order valence-electron chi connectivity index (χ0n) is 11.5. The molecule has 0 aliphatic rings. The fraction of sp³-hybridized carbons (Fsp3) is 0.538. The largest absolute Gasteiger partial charge is 0.465 e. The molecule has 0 radical (unpaired) electrons. The number of nitrogens with two attached hydrogens (primary N) is 1. The monoisotopic (exact) mass is 284 g/mol. The fourth-order valence-electron chi connectivity index (χ4n) is 1.68. The van der Waals surface area contributed by atoms with Crippen LogP contribution in [0.5, 0.6) is 0 Å². The van der Waals surface area contributed by atoms with Crippen molar-refractivity contribution in [3.63, 3.8) is 0 Å². The maximum atomic E-state index is 11.8. The van der Waals surface area contributed by atoms with Crippen molar-refractivity contribution >= 4 is 28.2 Å². The molecule has 3 N–H and O–H groups in total. The lowest BCUT2D eigenvalue weighted by atomic mass is 10.1. The molecule has 106 valence electrons. The molecule has 1 aromatic heterocycles. The number of aryl methyl sites for hydroxylation is 1. The predicted octanol–water partition coefficient (Wildman–Crippen LogP) is 2.22. The Kier molecular flexibility index (Phi) is 5.98. The maximum absolute atomic E-state index is 11.8. The molecule has 1 amide bonds. The Morgan fingerprint density at radius 3 is 2.58 bits per heavy atom. The average Bonchev–Trinajstić information content (AvgIpc) is 2.64. The standard InChI is InChI=1S/C13H20N2O3S/c1-8-9(2)19-12(11(8)13(17)18-3)15-10(16)6-4-5-7-14/h4-7,14H2,1-3H3,(H,15,16). The van der Waals surface area contributed by atoms with Gasteiger partial charge in [0, 0.05) is 11.3 Å². The van der Waals surface area contributed by atoms with Gasteiger partial charge in [-0.05, 0) is 38.8 Å². The van der Waals surface area contributed by atoms with E-state index in [1.54, 1.807) is 0 Å². The molecular formula is C13H20N2O3S. The van der Waals surface area contributed by atoms with E-state index in [2.05, 4.69) is 5.32 Å². The molecule has 19 heavy (non-hydrogen) atoms. The van der Waals surface area contributed by atoms with Crippen molar-refractivity contribution in [1.82, 2.24) is 0 Å². The molecule has 5 nitrogen and oxygen atoms in total. The number of rotatable bonds is 6. The van der Waals surface area contributed by atoms with Gasteiger partial charge >= 0.3 is 5.97 Å². The van der Waals surface area contributed by atoms with E-state index in [1.807, 2.05) is 13.8 Å². The van der Waals surface area contributed by atoms with Crippen LogP contribution in [-0.4, -0.2) is 25.5 Å².